The number of aromatic nitrogens is 2. The molecule has 4 N–H and O–H groups in total. The van der Waals surface area contributed by atoms with E-state index in [4.69, 9.17) is 5.84 Å². The minimum Gasteiger partial charge on any atom is -0.368 e. The van der Waals surface area contributed by atoms with E-state index in [9.17, 15) is 0 Å². The van der Waals surface area contributed by atoms with Crippen molar-refractivity contribution in [1.29, 1.82) is 0 Å². The van der Waals surface area contributed by atoms with Gasteiger partial charge in [-0.2, -0.15) is 0 Å². The number of nitrogens with zero attached hydrogens (tertiary/aromatic N) is 2. The highest BCUT2D eigenvalue weighted by Crippen LogP contribution is 2.11. The number of nitrogens with two attached hydrogens (primary N) is 1. The molecule has 5 heteroatoms. The Hall–Kier alpha value is -1.36. The summed E-state index contributed by atoms with van der Waals surface area (Å²) in [6.07, 6.45) is 0.794. The highest BCUT2D eigenvalue weighted by Gasteiger charge is 2.03. The Morgan fingerprint density at radius 1 is 1.36 bits per heavy atom. The van der Waals surface area contributed by atoms with Gasteiger partial charge in [0.05, 0.1) is 0 Å². The molecule has 0 bridgehead atoms. The molecule has 0 saturated carbocycles. The van der Waals surface area contributed by atoms with Crippen LogP contribution in [-0.4, -0.2) is 16.0 Å². The molecule has 0 amide bonds. The van der Waals surface area contributed by atoms with Crippen molar-refractivity contribution < 1.29 is 0 Å². The summed E-state index contributed by atoms with van der Waals surface area (Å²) in [5, 5.41) is 3.21. The molecule has 0 spiro atoms. The average Bonchev–Trinajstić information content (AvgIpc) is 2.16. The van der Waals surface area contributed by atoms with Crippen molar-refractivity contribution in [3.8, 4) is 0 Å². The third kappa shape index (κ3) is 2.85. The maximum atomic E-state index is 5.31. The lowest BCUT2D eigenvalue weighted by Gasteiger charge is -2.11. The van der Waals surface area contributed by atoms with Gasteiger partial charge in [-0.1, -0.05) is 6.92 Å². The highest BCUT2D eigenvalue weighted by molar-refractivity contribution is 5.47. The Morgan fingerprint density at radius 2 is 2.00 bits per heavy atom. The Morgan fingerprint density at radius 3 is 2.50 bits per heavy atom. The maximum Gasteiger partial charge on any atom is 0.145 e. The molecule has 1 rings (SSSR count). The van der Waals surface area contributed by atoms with E-state index in [1.165, 1.54) is 0 Å². The van der Waals surface area contributed by atoms with Crippen LogP contribution in [0.3, 0.4) is 0 Å². The second kappa shape index (κ2) is 4.76. The predicted molar refractivity (Wildman–Crippen MR) is 58.0 cm³/mol. The van der Waals surface area contributed by atoms with E-state index >= 15 is 0 Å². The zero-order chi connectivity index (χ0) is 10.6. The number of nitrogens with one attached hydrogen (secondary N) is 2. The SMILES string of the molecule is CCc1nc(NN)cc(NC(C)C)n1. The molecule has 14 heavy (non-hydrogen) atoms. The van der Waals surface area contributed by atoms with E-state index < -0.39 is 0 Å². The van der Waals surface area contributed by atoms with Gasteiger partial charge in [-0.15, -0.1) is 0 Å². The quantitative estimate of drug-likeness (QED) is 0.496. The standard InChI is InChI=1S/C9H17N5/c1-4-7-12-8(11-6(2)3)5-9(13-7)14-10/h5-6H,4,10H2,1-3H3,(H2,11,12,13,14). The first kappa shape index (κ1) is 10.7. The van der Waals surface area contributed by atoms with E-state index in [0.717, 1.165) is 18.1 Å². The smallest absolute Gasteiger partial charge is 0.145 e. The summed E-state index contributed by atoms with van der Waals surface area (Å²) in [6.45, 7) is 6.13. The first-order valence-corrected chi connectivity index (χ1v) is 4.76. The fourth-order valence-corrected chi connectivity index (χ4v) is 1.10. The molecule has 0 unspecified atom stereocenters. The van der Waals surface area contributed by atoms with Crippen LogP contribution in [0.5, 0.6) is 0 Å². The van der Waals surface area contributed by atoms with Gasteiger partial charge in [-0.05, 0) is 13.8 Å². The number of hydrogen-bond acceptors (Lipinski definition) is 5. The van der Waals surface area contributed by atoms with Crippen LogP contribution in [0.15, 0.2) is 6.07 Å². The third-order valence-corrected chi connectivity index (χ3v) is 1.67. The topological polar surface area (TPSA) is 75.9 Å². The molecule has 0 aromatic carbocycles. The van der Waals surface area contributed by atoms with Gasteiger partial charge < -0.3 is 10.7 Å². The van der Waals surface area contributed by atoms with Gasteiger partial charge in [0.25, 0.3) is 0 Å². The van der Waals surface area contributed by atoms with E-state index in [-0.39, 0.29) is 0 Å². The molecule has 0 aliphatic rings. The molecule has 1 heterocycles. The van der Waals surface area contributed by atoms with Crippen LogP contribution in [0, 0.1) is 0 Å². The molecular formula is C9H17N5. The lowest BCUT2D eigenvalue weighted by Crippen LogP contribution is -2.15. The van der Waals surface area contributed by atoms with Crippen LogP contribution in [0.25, 0.3) is 0 Å². The summed E-state index contributed by atoms with van der Waals surface area (Å²) in [5.74, 6) is 7.53. The fourth-order valence-electron chi connectivity index (χ4n) is 1.10. The minimum atomic E-state index is 0.347. The highest BCUT2D eigenvalue weighted by atomic mass is 15.3. The second-order valence-corrected chi connectivity index (χ2v) is 3.35. The zero-order valence-electron chi connectivity index (χ0n) is 8.83. The van der Waals surface area contributed by atoms with Crippen LogP contribution in [0.2, 0.25) is 0 Å². The van der Waals surface area contributed by atoms with Crippen molar-refractivity contribution in [2.75, 3.05) is 10.7 Å². The molecule has 78 valence electrons. The van der Waals surface area contributed by atoms with Gasteiger partial charge in [0.15, 0.2) is 0 Å². The number of nitrogen functional groups attached to an aromatic ring is 1. The van der Waals surface area contributed by atoms with E-state index in [2.05, 4.69) is 34.6 Å². The van der Waals surface area contributed by atoms with Crippen LogP contribution in [0.4, 0.5) is 11.6 Å². The summed E-state index contributed by atoms with van der Waals surface area (Å²) in [5.41, 5.74) is 2.52. The average molecular weight is 195 g/mol. The van der Waals surface area contributed by atoms with Gasteiger partial charge in [-0.3, -0.25) is 0 Å². The molecule has 1 aromatic rings. The summed E-state index contributed by atoms with van der Waals surface area (Å²) in [6, 6.07) is 2.14. The molecule has 0 aliphatic heterocycles. The van der Waals surface area contributed by atoms with Crippen LogP contribution < -0.4 is 16.6 Å². The Kier molecular flexibility index (Phi) is 3.64. The summed E-state index contributed by atoms with van der Waals surface area (Å²) >= 11 is 0. The van der Waals surface area contributed by atoms with Gasteiger partial charge in [0, 0.05) is 18.5 Å². The monoisotopic (exact) mass is 195 g/mol. The number of rotatable bonds is 4. The molecule has 1 aromatic heterocycles. The molecule has 5 nitrogen and oxygen atoms in total. The molecule has 0 fully saturated rings. The number of hydrazine groups is 1. The number of hydrogen-bond donors (Lipinski definition) is 3. The summed E-state index contributed by atoms with van der Waals surface area (Å²) in [7, 11) is 0. The van der Waals surface area contributed by atoms with Crippen molar-refractivity contribution in [2.24, 2.45) is 5.84 Å². The van der Waals surface area contributed by atoms with E-state index in [1.54, 1.807) is 6.07 Å². The normalized spacial score (nSPS) is 10.4. The Bertz CT molecular complexity index is 275. The van der Waals surface area contributed by atoms with Crippen molar-refractivity contribution >= 4 is 11.6 Å². The first-order valence-electron chi connectivity index (χ1n) is 4.76. The van der Waals surface area contributed by atoms with Crippen molar-refractivity contribution in [3.63, 3.8) is 0 Å². The molecule has 0 saturated heterocycles. The maximum absolute atomic E-state index is 5.31. The van der Waals surface area contributed by atoms with Crippen molar-refractivity contribution in [3.05, 3.63) is 11.9 Å². The number of aryl methyl sites for hydroxylation is 1. The molecule has 0 atom stereocenters. The molecule has 0 radical (unpaired) electrons. The van der Waals surface area contributed by atoms with Gasteiger partial charge in [0.2, 0.25) is 0 Å². The largest absolute Gasteiger partial charge is 0.368 e. The van der Waals surface area contributed by atoms with Gasteiger partial charge >= 0.3 is 0 Å². The summed E-state index contributed by atoms with van der Waals surface area (Å²) in [4.78, 5) is 8.51. The molecule has 0 aliphatic carbocycles. The van der Waals surface area contributed by atoms with Crippen LogP contribution >= 0.6 is 0 Å². The first-order chi connectivity index (χ1) is 6.65. The predicted octanol–water partition coefficient (Wildman–Crippen LogP) is 1.14. The van der Waals surface area contributed by atoms with E-state index in [0.29, 0.717) is 11.9 Å². The lowest BCUT2D eigenvalue weighted by molar-refractivity contribution is 0.868. The zero-order valence-corrected chi connectivity index (χ0v) is 8.83. The van der Waals surface area contributed by atoms with Crippen molar-refractivity contribution in [1.82, 2.24) is 9.97 Å². The minimum absolute atomic E-state index is 0.347. The fraction of sp³-hybridized carbons (Fsp3) is 0.556. The van der Waals surface area contributed by atoms with E-state index in [1.807, 2.05) is 6.92 Å². The third-order valence-electron chi connectivity index (χ3n) is 1.67. The molecular weight excluding hydrogens is 178 g/mol. The number of anilines is 2. The van der Waals surface area contributed by atoms with Gasteiger partial charge in [-0.25, -0.2) is 15.8 Å². The second-order valence-electron chi connectivity index (χ2n) is 3.35. The summed E-state index contributed by atoms with van der Waals surface area (Å²) < 4.78 is 0. The Balaban J connectivity index is 2.92. The van der Waals surface area contributed by atoms with Crippen molar-refractivity contribution in [2.45, 2.75) is 33.2 Å². The Labute approximate surface area is 84.1 Å². The lowest BCUT2D eigenvalue weighted by atomic mass is 10.3. The van der Waals surface area contributed by atoms with Crippen LogP contribution in [0.1, 0.15) is 26.6 Å². The van der Waals surface area contributed by atoms with Crippen LogP contribution in [-0.2, 0) is 6.42 Å². The van der Waals surface area contributed by atoms with Gasteiger partial charge in [0.1, 0.15) is 17.5 Å².